The molecule has 0 radical (unpaired) electrons. The Bertz CT molecular complexity index is 306. The van der Waals surface area contributed by atoms with Crippen LogP contribution in [0.5, 0.6) is 0 Å². The molecule has 3 atom stereocenters. The van der Waals surface area contributed by atoms with Crippen molar-refractivity contribution in [2.24, 2.45) is 17.3 Å². The van der Waals surface area contributed by atoms with Gasteiger partial charge in [0.1, 0.15) is 5.78 Å². The summed E-state index contributed by atoms with van der Waals surface area (Å²) < 4.78 is 10.5. The molecule has 0 aromatic carbocycles. The molecule has 1 saturated carbocycles. The first-order valence-electron chi connectivity index (χ1n) is 5.90. The second-order valence-corrected chi connectivity index (χ2v) is 5.01. The summed E-state index contributed by atoms with van der Waals surface area (Å²) in [6.45, 7) is 2.05. The van der Waals surface area contributed by atoms with Crippen LogP contribution < -0.4 is 0 Å². The summed E-state index contributed by atoms with van der Waals surface area (Å²) in [5.41, 5.74) is -0.280. The lowest BCUT2D eigenvalue weighted by atomic mass is 9.65. The van der Waals surface area contributed by atoms with Crippen molar-refractivity contribution in [3.63, 3.8) is 0 Å². The van der Waals surface area contributed by atoms with E-state index >= 15 is 0 Å². The summed E-state index contributed by atoms with van der Waals surface area (Å²) in [7, 11) is 3.30. The number of methoxy groups -OCH3 is 2. The molecule has 0 amide bonds. The maximum Gasteiger partial charge on any atom is 0.157 e. The van der Waals surface area contributed by atoms with E-state index < -0.39 is 0 Å². The average Bonchev–Trinajstić information content (AvgIpc) is 2.52. The van der Waals surface area contributed by atoms with Crippen LogP contribution in [0.25, 0.3) is 0 Å². The molecular formula is C13H20O3. The van der Waals surface area contributed by atoms with Gasteiger partial charge in [0, 0.05) is 32.5 Å². The standard InChI is InChI=1S/C13H20O3/c1-13-7-6-9(4-5-11(13)14)10(13)8-12(15-2)16-3/h6-7,9-10,12H,4-5,8H2,1-3H3/t9-,10-,13+/m0/s1. The van der Waals surface area contributed by atoms with Crippen LogP contribution in [0, 0.1) is 17.3 Å². The maximum absolute atomic E-state index is 12.0. The Morgan fingerprint density at radius 3 is 2.81 bits per heavy atom. The van der Waals surface area contributed by atoms with Crippen molar-refractivity contribution in [3.8, 4) is 0 Å². The first-order chi connectivity index (χ1) is 7.61. The molecule has 16 heavy (non-hydrogen) atoms. The Kier molecular flexibility index (Phi) is 3.17. The van der Waals surface area contributed by atoms with E-state index in [0.29, 0.717) is 17.6 Å². The van der Waals surface area contributed by atoms with Crippen molar-refractivity contribution in [2.75, 3.05) is 14.2 Å². The van der Waals surface area contributed by atoms with Crippen molar-refractivity contribution in [2.45, 2.75) is 32.5 Å². The van der Waals surface area contributed by atoms with Gasteiger partial charge in [0.05, 0.1) is 0 Å². The van der Waals surface area contributed by atoms with Crippen molar-refractivity contribution in [1.82, 2.24) is 0 Å². The first kappa shape index (κ1) is 11.8. The van der Waals surface area contributed by atoms with E-state index in [1.54, 1.807) is 14.2 Å². The van der Waals surface area contributed by atoms with Gasteiger partial charge in [0.25, 0.3) is 0 Å². The van der Waals surface area contributed by atoms with Crippen molar-refractivity contribution in [3.05, 3.63) is 12.2 Å². The Morgan fingerprint density at radius 1 is 1.50 bits per heavy atom. The van der Waals surface area contributed by atoms with Gasteiger partial charge in [0.15, 0.2) is 6.29 Å². The van der Waals surface area contributed by atoms with E-state index in [2.05, 4.69) is 19.1 Å². The zero-order chi connectivity index (χ0) is 11.8. The van der Waals surface area contributed by atoms with Crippen LogP contribution in [0.15, 0.2) is 12.2 Å². The predicted octanol–water partition coefficient (Wildman–Crippen LogP) is 2.17. The number of hydrogen-bond donors (Lipinski definition) is 0. The van der Waals surface area contributed by atoms with Gasteiger partial charge >= 0.3 is 0 Å². The molecule has 3 nitrogen and oxygen atoms in total. The molecule has 0 N–H and O–H groups in total. The van der Waals surface area contributed by atoms with Gasteiger partial charge in [-0.05, 0) is 25.2 Å². The maximum atomic E-state index is 12.0. The largest absolute Gasteiger partial charge is 0.356 e. The molecule has 3 heteroatoms. The van der Waals surface area contributed by atoms with E-state index in [1.165, 1.54) is 0 Å². The fourth-order valence-corrected chi connectivity index (χ4v) is 3.11. The lowest BCUT2D eigenvalue weighted by Crippen LogP contribution is -2.40. The summed E-state index contributed by atoms with van der Waals surface area (Å²) in [5, 5.41) is 0. The monoisotopic (exact) mass is 224 g/mol. The van der Waals surface area contributed by atoms with E-state index in [1.807, 2.05) is 0 Å². The van der Waals surface area contributed by atoms with E-state index in [4.69, 9.17) is 9.47 Å². The van der Waals surface area contributed by atoms with Crippen LogP contribution in [0.4, 0.5) is 0 Å². The molecule has 0 aromatic heterocycles. The third-order valence-electron chi connectivity index (χ3n) is 4.25. The third kappa shape index (κ3) is 1.72. The van der Waals surface area contributed by atoms with Gasteiger partial charge in [-0.3, -0.25) is 4.79 Å². The number of fused-ring (bicyclic) bond motifs is 2. The van der Waals surface area contributed by atoms with E-state index in [-0.39, 0.29) is 11.7 Å². The highest BCUT2D eigenvalue weighted by molar-refractivity contribution is 5.88. The molecule has 2 aliphatic rings. The van der Waals surface area contributed by atoms with Gasteiger partial charge in [-0.15, -0.1) is 0 Å². The molecule has 1 fully saturated rings. The van der Waals surface area contributed by atoms with Crippen LogP contribution in [0.2, 0.25) is 0 Å². The van der Waals surface area contributed by atoms with Gasteiger partial charge in [-0.2, -0.15) is 0 Å². The van der Waals surface area contributed by atoms with Crippen LogP contribution in [0.3, 0.4) is 0 Å². The molecule has 2 bridgehead atoms. The topological polar surface area (TPSA) is 35.5 Å². The van der Waals surface area contributed by atoms with E-state index in [9.17, 15) is 4.79 Å². The number of rotatable bonds is 4. The second kappa shape index (κ2) is 4.30. The number of ether oxygens (including phenoxy) is 2. The summed E-state index contributed by atoms with van der Waals surface area (Å²) in [5.74, 6) is 1.24. The van der Waals surface area contributed by atoms with Crippen LogP contribution >= 0.6 is 0 Å². The Morgan fingerprint density at radius 2 is 2.19 bits per heavy atom. The number of Topliss-reactive ketones (excluding diaryl/α,β-unsaturated/α-hetero) is 1. The number of allylic oxidation sites excluding steroid dienone is 2. The Balaban J connectivity index is 2.13. The fourth-order valence-electron chi connectivity index (χ4n) is 3.11. The number of carbonyl (C=O) groups excluding carboxylic acids is 1. The van der Waals surface area contributed by atoms with Crippen molar-refractivity contribution < 1.29 is 14.3 Å². The summed E-state index contributed by atoms with van der Waals surface area (Å²) in [6, 6.07) is 0. The molecule has 0 heterocycles. The number of hydrogen-bond acceptors (Lipinski definition) is 3. The molecule has 0 aliphatic heterocycles. The summed E-state index contributed by atoms with van der Waals surface area (Å²) >= 11 is 0. The van der Waals surface area contributed by atoms with Gasteiger partial charge in [-0.1, -0.05) is 12.2 Å². The zero-order valence-electron chi connectivity index (χ0n) is 10.2. The van der Waals surface area contributed by atoms with Gasteiger partial charge < -0.3 is 9.47 Å². The highest BCUT2D eigenvalue weighted by Crippen LogP contribution is 2.50. The van der Waals surface area contributed by atoms with Crippen molar-refractivity contribution in [1.29, 1.82) is 0 Å². The lowest BCUT2D eigenvalue weighted by Gasteiger charge is -2.38. The first-order valence-corrected chi connectivity index (χ1v) is 5.90. The minimum Gasteiger partial charge on any atom is -0.356 e. The molecule has 90 valence electrons. The molecule has 0 unspecified atom stereocenters. The van der Waals surface area contributed by atoms with Crippen LogP contribution in [0.1, 0.15) is 26.2 Å². The van der Waals surface area contributed by atoms with Gasteiger partial charge in [0.2, 0.25) is 0 Å². The molecule has 2 rings (SSSR count). The summed E-state index contributed by atoms with van der Waals surface area (Å²) in [6.07, 6.45) is 6.60. The average molecular weight is 224 g/mol. The molecule has 0 aromatic rings. The highest BCUT2D eigenvalue weighted by Gasteiger charge is 2.49. The molecule has 2 aliphatic carbocycles. The molecule has 0 saturated heterocycles. The normalized spacial score (nSPS) is 37.4. The lowest BCUT2D eigenvalue weighted by molar-refractivity contribution is -0.141. The number of ketones is 1. The Labute approximate surface area is 96.8 Å². The summed E-state index contributed by atoms with van der Waals surface area (Å²) in [4.78, 5) is 12.0. The predicted molar refractivity (Wildman–Crippen MR) is 60.9 cm³/mol. The van der Waals surface area contributed by atoms with Crippen LogP contribution in [-0.4, -0.2) is 26.3 Å². The smallest absolute Gasteiger partial charge is 0.157 e. The second-order valence-electron chi connectivity index (χ2n) is 5.01. The molecule has 0 spiro atoms. The number of carbonyl (C=O) groups is 1. The van der Waals surface area contributed by atoms with Crippen LogP contribution in [-0.2, 0) is 14.3 Å². The minimum absolute atomic E-state index is 0.197. The fraction of sp³-hybridized carbons (Fsp3) is 0.769. The minimum atomic E-state index is -0.280. The molecular weight excluding hydrogens is 204 g/mol. The Hall–Kier alpha value is -0.670. The van der Waals surface area contributed by atoms with E-state index in [0.717, 1.165) is 19.3 Å². The van der Waals surface area contributed by atoms with Gasteiger partial charge in [-0.25, -0.2) is 0 Å². The zero-order valence-corrected chi connectivity index (χ0v) is 10.2. The highest BCUT2D eigenvalue weighted by atomic mass is 16.7. The van der Waals surface area contributed by atoms with Crippen molar-refractivity contribution >= 4 is 5.78 Å². The SMILES string of the molecule is COC(C[C@H]1[C@@H]2C=C[C@@]1(C)C(=O)CC2)OC. The third-order valence-corrected chi connectivity index (χ3v) is 4.25. The quantitative estimate of drug-likeness (QED) is 0.542.